The van der Waals surface area contributed by atoms with E-state index in [1.54, 1.807) is 11.3 Å². The van der Waals surface area contributed by atoms with Crippen molar-refractivity contribution in [2.75, 3.05) is 0 Å². The maximum absolute atomic E-state index is 9.84. The van der Waals surface area contributed by atoms with Gasteiger partial charge < -0.3 is 0 Å². The van der Waals surface area contributed by atoms with Gasteiger partial charge in [-0.1, -0.05) is 63.7 Å². The largest absolute Gasteiger partial charge is 0.192 e. The molecule has 0 aliphatic heterocycles. The van der Waals surface area contributed by atoms with Crippen LogP contribution in [0.1, 0.15) is 57.0 Å². The molecule has 0 fully saturated rings. The Kier molecular flexibility index (Phi) is 7.28. The molecule has 0 saturated heterocycles. The molecule has 0 atom stereocenters. The molecule has 0 spiro atoms. The van der Waals surface area contributed by atoms with Gasteiger partial charge in [-0.2, -0.15) is 10.5 Å². The molecule has 0 aliphatic carbocycles. The van der Waals surface area contributed by atoms with Crippen molar-refractivity contribution in [1.82, 2.24) is 0 Å². The fraction of sp³-hybridized carbons (Fsp3) is 0.290. The number of rotatable bonds is 6. The molecule has 0 unspecified atom stereocenters. The van der Waals surface area contributed by atoms with E-state index < -0.39 is 8.07 Å². The molecule has 5 aromatic rings. The molecule has 38 heavy (non-hydrogen) atoms. The Morgan fingerprint density at radius 1 is 0.737 bits per heavy atom. The van der Waals surface area contributed by atoms with Gasteiger partial charge in [0.1, 0.15) is 12.1 Å². The fourth-order valence-electron chi connectivity index (χ4n) is 4.27. The summed E-state index contributed by atoms with van der Waals surface area (Å²) in [5, 5.41) is 19.8. The molecule has 0 radical (unpaired) electrons. The van der Waals surface area contributed by atoms with Crippen LogP contribution in [0, 0.1) is 29.6 Å². The number of aryl methyl sites for hydroxylation is 1. The van der Waals surface area contributed by atoms with E-state index in [9.17, 15) is 10.5 Å². The summed E-state index contributed by atoms with van der Waals surface area (Å²) in [5.41, 5.74) is 4.03. The van der Waals surface area contributed by atoms with Gasteiger partial charge in [-0.15, -0.1) is 45.3 Å². The minimum atomic E-state index is -1.67. The normalized spacial score (nSPS) is 12.1. The molecule has 7 heteroatoms. The van der Waals surface area contributed by atoms with Crippen molar-refractivity contribution in [3.63, 3.8) is 0 Å². The second-order valence-electron chi connectivity index (χ2n) is 11.4. The number of thiophene rings is 4. The van der Waals surface area contributed by atoms with Crippen LogP contribution in [0.3, 0.4) is 0 Å². The molecule has 4 heterocycles. The quantitative estimate of drug-likeness (QED) is 0.186. The van der Waals surface area contributed by atoms with Crippen LogP contribution >= 0.6 is 45.3 Å². The second-order valence-corrected chi connectivity index (χ2v) is 21.6. The molecule has 0 aliphatic rings. The highest BCUT2D eigenvalue weighted by molar-refractivity contribution is 7.28. The first kappa shape index (κ1) is 27.1. The SMILES string of the molecule is Cc1ccc(-c2cc(C#N)c(Cc3cc4sc(Cc5sc([Si](C)(C)C(C)(C)C)cc5C#N)cc4s3)s2)cc1. The van der Waals surface area contributed by atoms with E-state index in [4.69, 9.17) is 0 Å². The van der Waals surface area contributed by atoms with E-state index in [-0.39, 0.29) is 5.04 Å². The summed E-state index contributed by atoms with van der Waals surface area (Å²) in [6.45, 7) is 13.9. The van der Waals surface area contributed by atoms with Crippen molar-refractivity contribution in [3.8, 4) is 22.6 Å². The summed E-state index contributed by atoms with van der Waals surface area (Å²) >= 11 is 7.24. The molecule has 0 saturated carbocycles. The van der Waals surface area contributed by atoms with E-state index in [2.05, 4.69) is 95.4 Å². The Morgan fingerprint density at radius 3 is 1.79 bits per heavy atom. The molecule has 0 N–H and O–H groups in total. The number of hydrogen-bond acceptors (Lipinski definition) is 6. The predicted molar refractivity (Wildman–Crippen MR) is 170 cm³/mol. The molecule has 2 nitrogen and oxygen atoms in total. The van der Waals surface area contributed by atoms with Crippen molar-refractivity contribution in [2.45, 2.75) is 58.7 Å². The van der Waals surface area contributed by atoms with Gasteiger partial charge in [0, 0.05) is 46.6 Å². The lowest BCUT2D eigenvalue weighted by atomic mass is 10.1. The molecule has 0 bridgehead atoms. The van der Waals surface area contributed by atoms with E-state index in [0.29, 0.717) is 0 Å². The second kappa shape index (κ2) is 10.2. The Bertz CT molecular complexity index is 1670. The highest BCUT2D eigenvalue weighted by atomic mass is 32.1. The van der Waals surface area contributed by atoms with Crippen LogP contribution in [0.4, 0.5) is 0 Å². The van der Waals surface area contributed by atoms with E-state index >= 15 is 0 Å². The lowest BCUT2D eigenvalue weighted by Crippen LogP contribution is -2.47. The number of benzene rings is 1. The number of hydrogen-bond donors (Lipinski definition) is 0. The third kappa shape index (κ3) is 5.19. The van der Waals surface area contributed by atoms with Crippen LogP contribution in [-0.2, 0) is 12.8 Å². The zero-order valence-corrected chi connectivity index (χ0v) is 26.8. The maximum atomic E-state index is 9.84. The van der Waals surface area contributed by atoms with Gasteiger partial charge in [-0.05, 0) is 46.3 Å². The van der Waals surface area contributed by atoms with Gasteiger partial charge in [0.05, 0.1) is 19.2 Å². The molecular weight excluding hydrogens is 557 g/mol. The van der Waals surface area contributed by atoms with Crippen LogP contribution in [0.15, 0.2) is 48.5 Å². The van der Waals surface area contributed by atoms with Crippen LogP contribution < -0.4 is 4.50 Å². The highest BCUT2D eigenvalue weighted by Gasteiger charge is 2.38. The minimum absolute atomic E-state index is 0.249. The van der Waals surface area contributed by atoms with E-state index in [0.717, 1.165) is 33.7 Å². The monoisotopic (exact) mass is 586 g/mol. The van der Waals surface area contributed by atoms with Gasteiger partial charge >= 0.3 is 0 Å². The van der Waals surface area contributed by atoms with Gasteiger partial charge in [0.25, 0.3) is 0 Å². The van der Waals surface area contributed by atoms with Crippen molar-refractivity contribution in [2.24, 2.45) is 0 Å². The third-order valence-corrected chi connectivity index (χ3v) is 19.1. The van der Waals surface area contributed by atoms with Crippen LogP contribution in [0.25, 0.3) is 19.8 Å². The average Bonchev–Trinajstić information content (AvgIpc) is 3.62. The van der Waals surface area contributed by atoms with Gasteiger partial charge in [-0.3, -0.25) is 0 Å². The number of fused-ring (bicyclic) bond motifs is 1. The van der Waals surface area contributed by atoms with Gasteiger partial charge in [0.2, 0.25) is 0 Å². The van der Waals surface area contributed by atoms with Gasteiger partial charge in [0.15, 0.2) is 0 Å². The third-order valence-electron chi connectivity index (χ3n) is 7.66. The van der Waals surface area contributed by atoms with E-state index in [1.165, 1.54) is 39.7 Å². The lowest BCUT2D eigenvalue weighted by Gasteiger charge is -2.35. The summed E-state index contributed by atoms with van der Waals surface area (Å²) < 4.78 is 4.02. The summed E-state index contributed by atoms with van der Waals surface area (Å²) in [6.07, 6.45) is 1.62. The maximum Gasteiger partial charge on any atom is 0.100 e. The highest BCUT2D eigenvalue weighted by Crippen LogP contribution is 2.40. The Hall–Kier alpha value is -2.52. The van der Waals surface area contributed by atoms with Crippen molar-refractivity contribution in [3.05, 3.63) is 84.7 Å². The number of nitrogens with zero attached hydrogens (tertiary/aromatic N) is 2. The zero-order chi connectivity index (χ0) is 27.2. The Labute approximate surface area is 242 Å². The molecule has 1 aromatic carbocycles. The minimum Gasteiger partial charge on any atom is -0.192 e. The average molecular weight is 587 g/mol. The smallest absolute Gasteiger partial charge is 0.100 e. The summed E-state index contributed by atoms with van der Waals surface area (Å²) in [6, 6.07) is 22.2. The van der Waals surface area contributed by atoms with Crippen molar-refractivity contribution < 1.29 is 0 Å². The summed E-state index contributed by atoms with van der Waals surface area (Å²) in [5.74, 6) is 0. The van der Waals surface area contributed by atoms with Crippen molar-refractivity contribution in [1.29, 1.82) is 10.5 Å². The first-order valence-electron chi connectivity index (χ1n) is 12.6. The van der Waals surface area contributed by atoms with Crippen LogP contribution in [-0.4, -0.2) is 8.07 Å². The Morgan fingerprint density at radius 2 is 1.26 bits per heavy atom. The molecule has 192 valence electrons. The predicted octanol–water partition coefficient (Wildman–Crippen LogP) is 9.70. The molecule has 0 amide bonds. The lowest BCUT2D eigenvalue weighted by molar-refractivity contribution is 0.730. The standard InChI is InChI=1S/C31H30N2S4Si/c1-19-7-9-20(10-8-19)25-11-21(17-32)26(36-25)13-23-15-28-29(34-23)16-24(35-28)14-27-22(18-33)12-30(37-27)38(5,6)31(2,3)4/h7-12,15-16H,13-14H2,1-6H3. The number of nitriles is 2. The van der Waals surface area contributed by atoms with Crippen LogP contribution in [0.2, 0.25) is 18.1 Å². The topological polar surface area (TPSA) is 47.6 Å². The summed E-state index contributed by atoms with van der Waals surface area (Å²) in [4.78, 5) is 6.09. The van der Waals surface area contributed by atoms with E-state index in [1.807, 2.05) is 40.1 Å². The van der Waals surface area contributed by atoms with Gasteiger partial charge in [-0.25, -0.2) is 0 Å². The molecule has 5 rings (SSSR count). The fourth-order valence-corrected chi connectivity index (χ4v) is 12.5. The zero-order valence-electron chi connectivity index (χ0n) is 22.6. The Balaban J connectivity index is 1.37. The molecular formula is C31H30N2S4Si. The molecule has 4 aromatic heterocycles. The van der Waals surface area contributed by atoms with Crippen LogP contribution in [0.5, 0.6) is 0 Å². The first-order chi connectivity index (χ1) is 18.0. The summed E-state index contributed by atoms with van der Waals surface area (Å²) in [7, 11) is -1.67. The van der Waals surface area contributed by atoms with Crippen molar-refractivity contribution >= 4 is 67.3 Å². The first-order valence-corrected chi connectivity index (χ1v) is 18.9.